The maximum absolute atomic E-state index is 13.0. The Hall–Kier alpha value is -1.27. The number of carbonyl (C=O) groups excluding carboxylic acids is 1. The van der Waals surface area contributed by atoms with E-state index in [1.165, 1.54) is 12.1 Å². The molecule has 2 aliphatic rings. The molecule has 0 bridgehead atoms. The fraction of sp³-hybridized carbons (Fsp3) is 0.611. The Morgan fingerprint density at radius 1 is 1.24 bits per heavy atom. The lowest BCUT2D eigenvalue weighted by atomic mass is 9.87. The van der Waals surface area contributed by atoms with Crippen LogP contribution in [0.4, 0.5) is 13.2 Å². The van der Waals surface area contributed by atoms with Crippen LogP contribution in [0.5, 0.6) is 0 Å². The van der Waals surface area contributed by atoms with Crippen LogP contribution in [0.3, 0.4) is 0 Å². The van der Waals surface area contributed by atoms with E-state index in [0.717, 1.165) is 32.0 Å². The molecule has 3 rings (SSSR count). The summed E-state index contributed by atoms with van der Waals surface area (Å²) in [6.45, 7) is 5.44. The van der Waals surface area contributed by atoms with E-state index in [4.69, 9.17) is 0 Å². The molecule has 1 heterocycles. The van der Waals surface area contributed by atoms with Gasteiger partial charge in [-0.15, -0.1) is 12.4 Å². The second-order valence-corrected chi connectivity index (χ2v) is 6.98. The standard InChI is InChI=1S/C18H23F3N2O.ClH/c1-11(14-9-22-10-14)17(24)23(16-6-7-16)12(2)13-4-3-5-15(8-13)18(19,20)21;/h3-5,8,11-12,14,16,22H,6-7,9-10H2,1-2H3;1H. The van der Waals surface area contributed by atoms with Gasteiger partial charge in [0, 0.05) is 12.0 Å². The number of benzene rings is 1. The molecule has 140 valence electrons. The van der Waals surface area contributed by atoms with Gasteiger partial charge in [-0.25, -0.2) is 0 Å². The van der Waals surface area contributed by atoms with E-state index in [2.05, 4.69) is 5.32 Å². The molecule has 1 aromatic rings. The van der Waals surface area contributed by atoms with Gasteiger partial charge in [-0.05, 0) is 56.5 Å². The van der Waals surface area contributed by atoms with Crippen molar-refractivity contribution in [3.63, 3.8) is 0 Å². The molecule has 1 amide bonds. The largest absolute Gasteiger partial charge is 0.416 e. The molecular formula is C18H24ClF3N2O. The highest BCUT2D eigenvalue weighted by atomic mass is 35.5. The summed E-state index contributed by atoms with van der Waals surface area (Å²) >= 11 is 0. The Morgan fingerprint density at radius 2 is 1.88 bits per heavy atom. The second-order valence-electron chi connectivity index (χ2n) is 6.98. The molecule has 1 aliphatic heterocycles. The Balaban J connectivity index is 0.00000225. The van der Waals surface area contributed by atoms with E-state index in [-0.39, 0.29) is 36.3 Å². The van der Waals surface area contributed by atoms with Crippen LogP contribution in [0.1, 0.15) is 43.9 Å². The molecule has 7 heteroatoms. The predicted octanol–water partition coefficient (Wildman–Crippen LogP) is 4.03. The summed E-state index contributed by atoms with van der Waals surface area (Å²) in [5.41, 5.74) is -0.115. The normalized spacial score (nSPS) is 20.2. The van der Waals surface area contributed by atoms with Gasteiger partial charge in [-0.3, -0.25) is 4.79 Å². The van der Waals surface area contributed by atoms with E-state index in [9.17, 15) is 18.0 Å². The quantitative estimate of drug-likeness (QED) is 0.841. The first-order valence-corrected chi connectivity index (χ1v) is 8.49. The molecule has 0 aromatic heterocycles. The summed E-state index contributed by atoms with van der Waals surface area (Å²) in [5.74, 6) is 0.293. The van der Waals surface area contributed by atoms with Gasteiger partial charge < -0.3 is 10.2 Å². The molecule has 2 fully saturated rings. The molecule has 1 aromatic carbocycles. The van der Waals surface area contributed by atoms with Crippen molar-refractivity contribution in [1.82, 2.24) is 10.2 Å². The Morgan fingerprint density at radius 3 is 2.36 bits per heavy atom. The van der Waals surface area contributed by atoms with Gasteiger partial charge in [-0.2, -0.15) is 13.2 Å². The highest BCUT2D eigenvalue weighted by Gasteiger charge is 2.41. The van der Waals surface area contributed by atoms with Crippen LogP contribution in [-0.2, 0) is 11.0 Å². The minimum absolute atomic E-state index is 0. The first kappa shape index (κ1) is 20.0. The van der Waals surface area contributed by atoms with Crippen molar-refractivity contribution in [3.8, 4) is 0 Å². The van der Waals surface area contributed by atoms with Crippen LogP contribution in [0.2, 0.25) is 0 Å². The highest BCUT2D eigenvalue weighted by molar-refractivity contribution is 5.85. The van der Waals surface area contributed by atoms with Crippen LogP contribution >= 0.6 is 12.4 Å². The number of amides is 1. The number of nitrogens with one attached hydrogen (secondary N) is 1. The maximum atomic E-state index is 13.0. The molecule has 2 unspecified atom stereocenters. The van der Waals surface area contributed by atoms with E-state index in [1.807, 2.05) is 18.7 Å². The van der Waals surface area contributed by atoms with Crippen LogP contribution in [-0.4, -0.2) is 29.9 Å². The minimum Gasteiger partial charge on any atom is -0.333 e. The molecular weight excluding hydrogens is 353 g/mol. The van der Waals surface area contributed by atoms with Gasteiger partial charge in [0.05, 0.1) is 11.6 Å². The topological polar surface area (TPSA) is 32.3 Å². The van der Waals surface area contributed by atoms with E-state index in [0.29, 0.717) is 11.5 Å². The Kier molecular flexibility index (Phi) is 6.05. The molecule has 1 saturated carbocycles. The van der Waals surface area contributed by atoms with Gasteiger partial charge in [0.25, 0.3) is 0 Å². The Bertz CT molecular complexity index is 615. The van der Waals surface area contributed by atoms with Crippen molar-refractivity contribution in [2.45, 2.75) is 44.9 Å². The summed E-state index contributed by atoms with van der Waals surface area (Å²) in [5, 5.41) is 3.17. The fourth-order valence-electron chi connectivity index (χ4n) is 3.28. The summed E-state index contributed by atoms with van der Waals surface area (Å²) in [6.07, 6.45) is -2.50. The maximum Gasteiger partial charge on any atom is 0.416 e. The third kappa shape index (κ3) is 4.29. The number of alkyl halides is 3. The molecule has 1 saturated heterocycles. The summed E-state index contributed by atoms with van der Waals surface area (Å²) in [6, 6.07) is 5.16. The SMILES string of the molecule is CC(C(=O)N(C1CC1)C(C)c1cccc(C(F)(F)F)c1)C1CNC1.Cl. The number of hydrogen-bond donors (Lipinski definition) is 1. The smallest absolute Gasteiger partial charge is 0.333 e. The van der Waals surface area contributed by atoms with Crippen LogP contribution < -0.4 is 5.32 Å². The summed E-state index contributed by atoms with van der Waals surface area (Å²) in [4.78, 5) is 14.7. The van der Waals surface area contributed by atoms with Gasteiger partial charge >= 0.3 is 6.18 Å². The molecule has 3 nitrogen and oxygen atoms in total. The van der Waals surface area contributed by atoms with Crippen molar-refractivity contribution >= 4 is 18.3 Å². The predicted molar refractivity (Wildman–Crippen MR) is 92.5 cm³/mol. The molecule has 25 heavy (non-hydrogen) atoms. The molecule has 0 radical (unpaired) electrons. The molecule has 1 aliphatic carbocycles. The van der Waals surface area contributed by atoms with Crippen molar-refractivity contribution in [2.24, 2.45) is 11.8 Å². The van der Waals surface area contributed by atoms with Gasteiger partial charge in [-0.1, -0.05) is 19.1 Å². The number of hydrogen-bond acceptors (Lipinski definition) is 2. The van der Waals surface area contributed by atoms with Crippen LogP contribution in [0.15, 0.2) is 24.3 Å². The fourth-order valence-corrected chi connectivity index (χ4v) is 3.28. The monoisotopic (exact) mass is 376 g/mol. The number of nitrogens with zero attached hydrogens (tertiary/aromatic N) is 1. The molecule has 0 spiro atoms. The third-order valence-electron chi connectivity index (χ3n) is 5.22. The number of carbonyl (C=O) groups is 1. The first-order valence-electron chi connectivity index (χ1n) is 8.49. The molecule has 2 atom stereocenters. The average Bonchev–Trinajstić information content (AvgIpc) is 3.29. The van der Waals surface area contributed by atoms with Crippen molar-refractivity contribution in [1.29, 1.82) is 0 Å². The zero-order valence-corrected chi connectivity index (χ0v) is 15.2. The van der Waals surface area contributed by atoms with E-state index in [1.54, 1.807) is 6.07 Å². The highest BCUT2D eigenvalue weighted by Crippen LogP contribution is 2.38. The zero-order chi connectivity index (χ0) is 17.5. The minimum atomic E-state index is -4.37. The number of rotatable bonds is 5. The van der Waals surface area contributed by atoms with E-state index < -0.39 is 11.7 Å². The number of halogens is 4. The van der Waals surface area contributed by atoms with Gasteiger partial charge in [0.1, 0.15) is 0 Å². The van der Waals surface area contributed by atoms with Gasteiger partial charge in [0.2, 0.25) is 5.91 Å². The lowest BCUT2D eigenvalue weighted by molar-refractivity contribution is -0.140. The van der Waals surface area contributed by atoms with E-state index >= 15 is 0 Å². The van der Waals surface area contributed by atoms with Crippen molar-refractivity contribution in [3.05, 3.63) is 35.4 Å². The lowest BCUT2D eigenvalue weighted by Crippen LogP contribution is -2.51. The zero-order valence-electron chi connectivity index (χ0n) is 14.3. The second kappa shape index (κ2) is 7.54. The third-order valence-corrected chi connectivity index (χ3v) is 5.22. The average molecular weight is 377 g/mol. The van der Waals surface area contributed by atoms with Crippen LogP contribution in [0, 0.1) is 11.8 Å². The Labute approximate surface area is 152 Å². The summed E-state index contributed by atoms with van der Waals surface area (Å²) < 4.78 is 38.9. The molecule has 1 N–H and O–H groups in total. The first-order chi connectivity index (χ1) is 11.3. The van der Waals surface area contributed by atoms with Crippen molar-refractivity contribution < 1.29 is 18.0 Å². The van der Waals surface area contributed by atoms with Crippen molar-refractivity contribution in [2.75, 3.05) is 13.1 Å². The van der Waals surface area contributed by atoms with Gasteiger partial charge in [0.15, 0.2) is 0 Å². The lowest BCUT2D eigenvalue weighted by Gasteiger charge is -2.38. The van der Waals surface area contributed by atoms with Crippen LogP contribution in [0.25, 0.3) is 0 Å². The summed E-state index contributed by atoms with van der Waals surface area (Å²) in [7, 11) is 0.